The quantitative estimate of drug-likeness (QED) is 0.544. The van der Waals surface area contributed by atoms with E-state index in [2.05, 4.69) is 26.0 Å². The van der Waals surface area contributed by atoms with Gasteiger partial charge in [0.15, 0.2) is 6.61 Å². The zero-order chi connectivity index (χ0) is 22.3. The van der Waals surface area contributed by atoms with Gasteiger partial charge < -0.3 is 10.1 Å². The molecule has 2 N–H and O–H groups in total. The number of anilines is 1. The highest BCUT2D eigenvalue weighted by Gasteiger charge is 2.30. The van der Waals surface area contributed by atoms with Crippen molar-refractivity contribution in [3.05, 3.63) is 58.6 Å². The summed E-state index contributed by atoms with van der Waals surface area (Å²) in [6.45, 7) is 2.71. The largest absolute Gasteiger partial charge is 0.454 e. The number of sulfonamides is 1. The average molecular weight is 494 g/mol. The van der Waals surface area contributed by atoms with Gasteiger partial charge in [-0.1, -0.05) is 35.8 Å². The fraction of sp³-hybridized carbons (Fsp3) is 0.250. The standard InChI is InChI=1S/C20H20BrN3O5S/c1-13(2)19(24-30(27,28)17-8-6-15(21)7-9-17)20(26)29-12-18(25)23-16-5-3-4-14(10-16)11-22/h3-10,13,19,24H,12H2,1-2H3,(H,23,25)/t19-/m0/s1. The summed E-state index contributed by atoms with van der Waals surface area (Å²) in [5, 5.41) is 11.4. The number of hydrogen-bond donors (Lipinski definition) is 2. The van der Waals surface area contributed by atoms with Crippen molar-refractivity contribution in [1.82, 2.24) is 4.72 Å². The van der Waals surface area contributed by atoms with Crippen LogP contribution in [0.2, 0.25) is 0 Å². The third-order valence-electron chi connectivity index (χ3n) is 3.95. The molecular weight excluding hydrogens is 474 g/mol. The third kappa shape index (κ3) is 6.66. The molecule has 0 bridgehead atoms. The molecule has 0 fully saturated rings. The highest BCUT2D eigenvalue weighted by Crippen LogP contribution is 2.16. The Morgan fingerprint density at radius 1 is 1.17 bits per heavy atom. The fourth-order valence-electron chi connectivity index (χ4n) is 2.40. The highest BCUT2D eigenvalue weighted by molar-refractivity contribution is 9.10. The van der Waals surface area contributed by atoms with Crippen LogP contribution >= 0.6 is 15.9 Å². The molecule has 0 saturated heterocycles. The number of amides is 1. The van der Waals surface area contributed by atoms with Crippen molar-refractivity contribution in [2.45, 2.75) is 24.8 Å². The lowest BCUT2D eigenvalue weighted by Gasteiger charge is -2.20. The van der Waals surface area contributed by atoms with Crippen molar-refractivity contribution in [3.63, 3.8) is 0 Å². The van der Waals surface area contributed by atoms with Crippen LogP contribution in [0, 0.1) is 17.2 Å². The number of rotatable bonds is 8. The van der Waals surface area contributed by atoms with Gasteiger partial charge in [0.05, 0.1) is 16.5 Å². The first-order chi connectivity index (χ1) is 14.1. The van der Waals surface area contributed by atoms with E-state index in [1.807, 2.05) is 6.07 Å². The lowest BCUT2D eigenvalue weighted by molar-refractivity contribution is -0.150. The van der Waals surface area contributed by atoms with Crippen molar-refractivity contribution in [2.24, 2.45) is 5.92 Å². The molecule has 0 aliphatic carbocycles. The van der Waals surface area contributed by atoms with Gasteiger partial charge in [-0.15, -0.1) is 0 Å². The first-order valence-corrected chi connectivity index (χ1v) is 11.1. The average Bonchev–Trinajstić information content (AvgIpc) is 2.70. The van der Waals surface area contributed by atoms with Crippen LogP contribution in [-0.4, -0.2) is 32.9 Å². The minimum absolute atomic E-state index is 0.000678. The monoisotopic (exact) mass is 493 g/mol. The molecule has 2 aromatic rings. The van der Waals surface area contributed by atoms with Gasteiger partial charge in [-0.25, -0.2) is 8.42 Å². The molecule has 0 aliphatic heterocycles. The van der Waals surface area contributed by atoms with E-state index in [1.165, 1.54) is 18.2 Å². The number of hydrogen-bond acceptors (Lipinski definition) is 6. The molecule has 1 amide bonds. The molecule has 0 aliphatic rings. The van der Waals surface area contributed by atoms with E-state index >= 15 is 0 Å². The number of halogens is 1. The van der Waals surface area contributed by atoms with E-state index in [0.717, 1.165) is 0 Å². The van der Waals surface area contributed by atoms with Crippen molar-refractivity contribution in [1.29, 1.82) is 5.26 Å². The SMILES string of the molecule is CC(C)[C@H](NS(=O)(=O)c1ccc(Br)cc1)C(=O)OCC(=O)Nc1cccc(C#N)c1. The summed E-state index contributed by atoms with van der Waals surface area (Å²) in [4.78, 5) is 24.5. The molecule has 10 heteroatoms. The summed E-state index contributed by atoms with van der Waals surface area (Å²) >= 11 is 3.23. The second-order valence-electron chi connectivity index (χ2n) is 6.65. The van der Waals surface area contributed by atoms with Crippen LogP contribution in [0.1, 0.15) is 19.4 Å². The van der Waals surface area contributed by atoms with E-state index in [0.29, 0.717) is 15.7 Å². The summed E-state index contributed by atoms with van der Waals surface area (Å²) < 4.78 is 33.2. The second kappa shape index (κ2) is 10.3. The molecule has 0 spiro atoms. The number of nitrogens with zero attached hydrogens (tertiary/aromatic N) is 1. The Morgan fingerprint density at radius 2 is 1.83 bits per heavy atom. The van der Waals surface area contributed by atoms with E-state index in [9.17, 15) is 18.0 Å². The minimum atomic E-state index is -3.96. The van der Waals surface area contributed by atoms with Crippen LogP contribution < -0.4 is 10.0 Å². The Labute approximate surface area is 183 Å². The van der Waals surface area contributed by atoms with Crippen molar-refractivity contribution >= 4 is 43.5 Å². The lowest BCUT2D eigenvalue weighted by Crippen LogP contribution is -2.45. The number of carbonyl (C=O) groups excluding carboxylic acids is 2. The normalized spacial score (nSPS) is 12.1. The van der Waals surface area contributed by atoms with Gasteiger partial charge in [0.1, 0.15) is 6.04 Å². The molecule has 1 atom stereocenters. The van der Waals surface area contributed by atoms with Crippen LogP contribution in [0.15, 0.2) is 57.9 Å². The smallest absolute Gasteiger partial charge is 0.324 e. The van der Waals surface area contributed by atoms with E-state index < -0.39 is 40.5 Å². The van der Waals surface area contributed by atoms with Gasteiger partial charge in [-0.05, 0) is 48.4 Å². The number of benzene rings is 2. The summed E-state index contributed by atoms with van der Waals surface area (Å²) in [5.41, 5.74) is 0.749. The fourth-order valence-corrected chi connectivity index (χ4v) is 3.99. The molecule has 2 aromatic carbocycles. The number of nitrogens with one attached hydrogen (secondary N) is 2. The number of ether oxygens (including phenoxy) is 1. The Bertz CT molecular complexity index is 1060. The Balaban J connectivity index is 2.00. The molecular formula is C20H20BrN3O5S. The Kier molecular flexibility index (Phi) is 8.11. The molecule has 0 radical (unpaired) electrons. The van der Waals surface area contributed by atoms with Gasteiger partial charge in [0, 0.05) is 10.2 Å². The zero-order valence-corrected chi connectivity index (χ0v) is 18.7. The second-order valence-corrected chi connectivity index (χ2v) is 9.28. The van der Waals surface area contributed by atoms with Gasteiger partial charge in [-0.3, -0.25) is 9.59 Å². The summed E-state index contributed by atoms with van der Waals surface area (Å²) in [6, 6.07) is 13.0. The maximum absolute atomic E-state index is 12.6. The Hall–Kier alpha value is -2.74. The van der Waals surface area contributed by atoms with Crippen molar-refractivity contribution in [3.8, 4) is 6.07 Å². The first kappa shape index (κ1) is 23.5. The highest BCUT2D eigenvalue weighted by atomic mass is 79.9. The number of esters is 1. The third-order valence-corrected chi connectivity index (χ3v) is 5.93. The minimum Gasteiger partial charge on any atom is -0.454 e. The van der Waals surface area contributed by atoms with E-state index in [4.69, 9.17) is 10.00 Å². The van der Waals surface area contributed by atoms with Gasteiger partial charge >= 0.3 is 5.97 Å². The molecule has 2 rings (SSSR count). The molecule has 0 aromatic heterocycles. The molecule has 0 heterocycles. The Morgan fingerprint density at radius 3 is 2.43 bits per heavy atom. The molecule has 30 heavy (non-hydrogen) atoms. The van der Waals surface area contributed by atoms with E-state index in [1.54, 1.807) is 44.2 Å². The maximum atomic E-state index is 12.6. The number of carbonyl (C=O) groups is 2. The van der Waals surface area contributed by atoms with Crippen molar-refractivity contribution < 1.29 is 22.7 Å². The van der Waals surface area contributed by atoms with Crippen LogP contribution in [0.25, 0.3) is 0 Å². The predicted octanol–water partition coefficient (Wildman–Crippen LogP) is 2.81. The number of nitriles is 1. The molecule has 0 unspecified atom stereocenters. The van der Waals surface area contributed by atoms with Gasteiger partial charge in [0.25, 0.3) is 5.91 Å². The van der Waals surface area contributed by atoms with Gasteiger partial charge in [-0.2, -0.15) is 9.98 Å². The summed E-state index contributed by atoms with van der Waals surface area (Å²) in [5.74, 6) is -1.90. The maximum Gasteiger partial charge on any atom is 0.324 e. The predicted molar refractivity (Wildman–Crippen MR) is 114 cm³/mol. The van der Waals surface area contributed by atoms with Crippen LogP contribution in [0.5, 0.6) is 0 Å². The van der Waals surface area contributed by atoms with E-state index in [-0.39, 0.29) is 4.90 Å². The summed E-state index contributed by atoms with van der Waals surface area (Å²) in [7, 11) is -3.96. The van der Waals surface area contributed by atoms with Crippen LogP contribution in [0.3, 0.4) is 0 Å². The van der Waals surface area contributed by atoms with Gasteiger partial charge in [0.2, 0.25) is 10.0 Å². The molecule has 158 valence electrons. The van der Waals surface area contributed by atoms with Crippen LogP contribution in [0.4, 0.5) is 5.69 Å². The lowest BCUT2D eigenvalue weighted by atomic mass is 10.1. The zero-order valence-electron chi connectivity index (χ0n) is 16.3. The van der Waals surface area contributed by atoms with Crippen molar-refractivity contribution in [2.75, 3.05) is 11.9 Å². The first-order valence-electron chi connectivity index (χ1n) is 8.87. The summed E-state index contributed by atoms with van der Waals surface area (Å²) in [6.07, 6.45) is 0. The van der Waals surface area contributed by atoms with Crippen LogP contribution in [-0.2, 0) is 24.3 Å². The topological polar surface area (TPSA) is 125 Å². The molecule has 8 nitrogen and oxygen atoms in total. The molecule has 0 saturated carbocycles.